The lowest BCUT2D eigenvalue weighted by Gasteiger charge is -2.12. The van der Waals surface area contributed by atoms with Gasteiger partial charge in [0.05, 0.1) is 24.6 Å². The van der Waals surface area contributed by atoms with E-state index in [1.807, 2.05) is 26.0 Å². The van der Waals surface area contributed by atoms with E-state index in [4.69, 9.17) is 16.3 Å². The summed E-state index contributed by atoms with van der Waals surface area (Å²) in [5, 5.41) is 3.52. The number of fused-ring (bicyclic) bond motifs is 1. The monoisotopic (exact) mass is 358 g/mol. The third-order valence-corrected chi connectivity index (χ3v) is 4.15. The number of amides is 1. The molecule has 0 aliphatic carbocycles. The van der Waals surface area contributed by atoms with Crippen LogP contribution in [-0.2, 0) is 17.8 Å². The van der Waals surface area contributed by atoms with E-state index < -0.39 is 0 Å². The minimum Gasteiger partial charge on any atom is -0.481 e. The molecule has 3 aromatic rings. The van der Waals surface area contributed by atoms with E-state index in [1.54, 1.807) is 19.2 Å². The standard InChI is InChI=1S/C18H19ClN4O2/c1-10-6-11(2)21-18(25-3)13(10)9-20-17(24)8-16-22-14-5-4-12(19)7-15(14)23-16/h4-7H,8-9H2,1-3H3,(H,20,24)(H,22,23). The van der Waals surface area contributed by atoms with E-state index in [0.717, 1.165) is 27.9 Å². The van der Waals surface area contributed by atoms with Crippen LogP contribution in [-0.4, -0.2) is 28.0 Å². The number of hydrogen-bond donors (Lipinski definition) is 2. The Hall–Kier alpha value is -2.60. The molecule has 1 aromatic carbocycles. The number of halogens is 1. The second-order valence-corrected chi connectivity index (χ2v) is 6.30. The van der Waals surface area contributed by atoms with Crippen LogP contribution in [0.5, 0.6) is 5.88 Å². The molecule has 0 aliphatic heterocycles. The normalized spacial score (nSPS) is 10.9. The van der Waals surface area contributed by atoms with E-state index in [-0.39, 0.29) is 12.3 Å². The van der Waals surface area contributed by atoms with Gasteiger partial charge < -0.3 is 15.0 Å². The molecule has 2 heterocycles. The number of ether oxygens (including phenoxy) is 1. The second kappa shape index (κ2) is 7.11. The zero-order valence-corrected chi connectivity index (χ0v) is 15.1. The topological polar surface area (TPSA) is 79.9 Å². The number of carbonyl (C=O) groups excluding carboxylic acids is 1. The number of imidazole rings is 1. The Bertz CT molecular complexity index is 936. The summed E-state index contributed by atoms with van der Waals surface area (Å²) in [6, 6.07) is 7.35. The van der Waals surface area contributed by atoms with Gasteiger partial charge >= 0.3 is 0 Å². The molecule has 6 nitrogen and oxygen atoms in total. The molecule has 0 bridgehead atoms. The molecule has 25 heavy (non-hydrogen) atoms. The van der Waals surface area contributed by atoms with Crippen LogP contribution in [0.3, 0.4) is 0 Å². The maximum absolute atomic E-state index is 12.2. The third kappa shape index (κ3) is 3.91. The van der Waals surface area contributed by atoms with Crippen LogP contribution in [0.25, 0.3) is 11.0 Å². The summed E-state index contributed by atoms with van der Waals surface area (Å²) in [5.41, 5.74) is 4.38. The van der Waals surface area contributed by atoms with Crippen molar-refractivity contribution in [3.63, 3.8) is 0 Å². The van der Waals surface area contributed by atoms with E-state index in [1.165, 1.54) is 0 Å². The molecule has 1 amide bonds. The molecular formula is C18H19ClN4O2. The van der Waals surface area contributed by atoms with Crippen molar-refractivity contribution >= 4 is 28.5 Å². The maximum Gasteiger partial charge on any atom is 0.227 e. The average Bonchev–Trinajstić information content (AvgIpc) is 2.94. The summed E-state index contributed by atoms with van der Waals surface area (Å²) < 4.78 is 5.32. The number of pyridine rings is 1. The molecule has 0 saturated heterocycles. The smallest absolute Gasteiger partial charge is 0.227 e. The zero-order chi connectivity index (χ0) is 18.0. The molecule has 0 aliphatic rings. The van der Waals surface area contributed by atoms with Gasteiger partial charge in [-0.15, -0.1) is 0 Å². The number of nitrogens with zero attached hydrogens (tertiary/aromatic N) is 2. The minimum atomic E-state index is -0.132. The first-order valence-corrected chi connectivity index (χ1v) is 8.26. The number of aromatic nitrogens is 3. The van der Waals surface area contributed by atoms with Crippen molar-refractivity contribution in [2.75, 3.05) is 7.11 Å². The van der Waals surface area contributed by atoms with Crippen molar-refractivity contribution < 1.29 is 9.53 Å². The predicted molar refractivity (Wildman–Crippen MR) is 96.9 cm³/mol. The molecule has 0 radical (unpaired) electrons. The van der Waals surface area contributed by atoms with Gasteiger partial charge in [0.2, 0.25) is 11.8 Å². The average molecular weight is 359 g/mol. The van der Waals surface area contributed by atoms with E-state index in [2.05, 4.69) is 20.3 Å². The van der Waals surface area contributed by atoms with Crippen LogP contribution in [0, 0.1) is 13.8 Å². The number of nitrogens with one attached hydrogen (secondary N) is 2. The molecule has 3 rings (SSSR count). The Morgan fingerprint density at radius 2 is 2.08 bits per heavy atom. The maximum atomic E-state index is 12.2. The quantitative estimate of drug-likeness (QED) is 0.734. The third-order valence-electron chi connectivity index (χ3n) is 3.91. The number of aromatic amines is 1. The Labute approximate surface area is 150 Å². The fourth-order valence-corrected chi connectivity index (χ4v) is 2.90. The first-order chi connectivity index (χ1) is 12.0. The Balaban J connectivity index is 1.68. The Morgan fingerprint density at radius 3 is 2.84 bits per heavy atom. The lowest BCUT2D eigenvalue weighted by Crippen LogP contribution is -2.25. The molecular weight excluding hydrogens is 340 g/mol. The van der Waals surface area contributed by atoms with Crippen LogP contribution in [0.1, 0.15) is 22.6 Å². The van der Waals surface area contributed by atoms with Gasteiger partial charge in [-0.1, -0.05) is 11.6 Å². The first kappa shape index (κ1) is 17.2. The van der Waals surface area contributed by atoms with E-state index in [0.29, 0.717) is 23.3 Å². The lowest BCUT2D eigenvalue weighted by atomic mass is 10.1. The summed E-state index contributed by atoms with van der Waals surface area (Å²) in [6.07, 6.45) is 0.160. The SMILES string of the molecule is COc1nc(C)cc(C)c1CNC(=O)Cc1nc2ccc(Cl)cc2[nH]1. The van der Waals surface area contributed by atoms with Gasteiger partial charge in [-0.2, -0.15) is 0 Å². The highest BCUT2D eigenvalue weighted by molar-refractivity contribution is 6.31. The van der Waals surface area contributed by atoms with Crippen molar-refractivity contribution in [1.29, 1.82) is 0 Å². The molecule has 0 atom stereocenters. The fourth-order valence-electron chi connectivity index (χ4n) is 2.73. The van der Waals surface area contributed by atoms with Crippen molar-refractivity contribution in [3.05, 3.63) is 51.9 Å². The molecule has 0 spiro atoms. The summed E-state index contributed by atoms with van der Waals surface area (Å²) in [4.78, 5) is 24.1. The van der Waals surface area contributed by atoms with Crippen LogP contribution in [0.15, 0.2) is 24.3 Å². The number of H-pyrrole nitrogens is 1. The van der Waals surface area contributed by atoms with Gasteiger partial charge in [0.1, 0.15) is 5.82 Å². The Morgan fingerprint density at radius 1 is 1.28 bits per heavy atom. The van der Waals surface area contributed by atoms with E-state index >= 15 is 0 Å². The second-order valence-electron chi connectivity index (χ2n) is 5.87. The molecule has 2 N–H and O–H groups in total. The van der Waals surface area contributed by atoms with Crippen molar-refractivity contribution in [2.24, 2.45) is 0 Å². The van der Waals surface area contributed by atoms with Crippen LogP contribution < -0.4 is 10.1 Å². The van der Waals surface area contributed by atoms with Gasteiger partial charge in [-0.3, -0.25) is 4.79 Å². The lowest BCUT2D eigenvalue weighted by molar-refractivity contribution is -0.120. The van der Waals surface area contributed by atoms with E-state index in [9.17, 15) is 4.79 Å². The summed E-state index contributed by atoms with van der Waals surface area (Å²) in [6.45, 7) is 4.24. The van der Waals surface area contributed by atoms with Crippen molar-refractivity contribution in [2.45, 2.75) is 26.8 Å². The number of methoxy groups -OCH3 is 1. The number of benzene rings is 1. The molecule has 130 valence electrons. The van der Waals surface area contributed by atoms with Crippen LogP contribution in [0.4, 0.5) is 0 Å². The first-order valence-electron chi connectivity index (χ1n) is 7.88. The highest BCUT2D eigenvalue weighted by atomic mass is 35.5. The van der Waals surface area contributed by atoms with Gasteiger partial charge in [0, 0.05) is 22.8 Å². The fraction of sp³-hybridized carbons (Fsp3) is 0.278. The molecule has 0 unspecified atom stereocenters. The number of hydrogen-bond acceptors (Lipinski definition) is 4. The molecule has 7 heteroatoms. The molecule has 0 fully saturated rings. The van der Waals surface area contributed by atoms with Gasteiger partial charge in [-0.05, 0) is 43.7 Å². The van der Waals surface area contributed by atoms with Crippen molar-refractivity contribution in [3.8, 4) is 5.88 Å². The predicted octanol–water partition coefficient (Wildman–Crippen LogP) is 3.10. The number of carbonyl (C=O) groups is 1. The van der Waals surface area contributed by atoms with Crippen molar-refractivity contribution in [1.82, 2.24) is 20.3 Å². The largest absolute Gasteiger partial charge is 0.481 e. The molecule has 2 aromatic heterocycles. The summed E-state index contributed by atoms with van der Waals surface area (Å²) >= 11 is 5.96. The van der Waals surface area contributed by atoms with Gasteiger partial charge in [0.25, 0.3) is 0 Å². The van der Waals surface area contributed by atoms with Crippen LogP contribution in [0.2, 0.25) is 5.02 Å². The van der Waals surface area contributed by atoms with Crippen LogP contribution >= 0.6 is 11.6 Å². The highest BCUT2D eigenvalue weighted by Crippen LogP contribution is 2.20. The Kier molecular flexibility index (Phi) is 4.90. The zero-order valence-electron chi connectivity index (χ0n) is 14.3. The molecule has 0 saturated carbocycles. The highest BCUT2D eigenvalue weighted by Gasteiger charge is 2.13. The van der Waals surface area contributed by atoms with Gasteiger partial charge in [-0.25, -0.2) is 9.97 Å². The number of aryl methyl sites for hydroxylation is 2. The minimum absolute atomic E-state index is 0.132. The summed E-state index contributed by atoms with van der Waals surface area (Å²) in [7, 11) is 1.58. The number of rotatable bonds is 5. The summed E-state index contributed by atoms with van der Waals surface area (Å²) in [5.74, 6) is 1.00. The van der Waals surface area contributed by atoms with Gasteiger partial charge in [0.15, 0.2) is 0 Å².